The van der Waals surface area contributed by atoms with E-state index < -0.39 is 27.8 Å². The predicted octanol–water partition coefficient (Wildman–Crippen LogP) is 4.02. The van der Waals surface area contributed by atoms with Crippen LogP contribution in [0.2, 0.25) is 10.0 Å². The molecule has 0 spiro atoms. The largest absolute Gasteiger partial charge is 0.483 e. The maximum absolute atomic E-state index is 12.7. The van der Waals surface area contributed by atoms with Gasteiger partial charge in [0.15, 0.2) is 0 Å². The lowest BCUT2D eigenvalue weighted by molar-refractivity contribution is -0.0791. The molecule has 1 aliphatic rings. The highest BCUT2D eigenvalue weighted by atomic mass is 35.5. The van der Waals surface area contributed by atoms with E-state index in [0.29, 0.717) is 34.3 Å². The van der Waals surface area contributed by atoms with Crippen LogP contribution in [0.25, 0.3) is 0 Å². The van der Waals surface area contributed by atoms with Gasteiger partial charge in [0.1, 0.15) is 17.5 Å². The molecular weight excluding hydrogens is 385 g/mol. The number of fused-ring (bicyclic) bond motifs is 1. The molecule has 0 aromatic heterocycles. The average molecular weight is 410 g/mol. The Morgan fingerprint density at radius 1 is 1.28 bits per heavy atom. The second-order valence-corrected chi connectivity index (χ2v) is 9.82. The van der Waals surface area contributed by atoms with E-state index in [2.05, 4.69) is 0 Å². The number of nitrogens with zero attached hydrogens (tertiary/aromatic N) is 1. The minimum Gasteiger partial charge on any atom is -0.483 e. The Bertz CT molecular complexity index is 736. The summed E-state index contributed by atoms with van der Waals surface area (Å²) in [6, 6.07) is 2.37. The van der Waals surface area contributed by atoms with Crippen LogP contribution in [-0.4, -0.2) is 41.8 Å². The van der Waals surface area contributed by atoms with Crippen molar-refractivity contribution in [2.24, 2.45) is 0 Å². The molecule has 0 saturated carbocycles. The second-order valence-electron chi connectivity index (χ2n) is 6.77. The van der Waals surface area contributed by atoms with Gasteiger partial charge in [-0.05, 0) is 39.3 Å². The number of hydrogen-bond acceptors (Lipinski definition) is 4. The van der Waals surface area contributed by atoms with E-state index in [0.717, 1.165) is 6.42 Å². The molecule has 1 aliphatic heterocycles. The summed E-state index contributed by atoms with van der Waals surface area (Å²) in [7, 11) is -3.55. The summed E-state index contributed by atoms with van der Waals surface area (Å²) in [5, 5.41) is 11.6. The summed E-state index contributed by atoms with van der Waals surface area (Å²) in [6.07, 6.45) is 0.460. The first-order chi connectivity index (χ1) is 11.5. The lowest BCUT2D eigenvalue weighted by atomic mass is 9.86. The number of benzene rings is 1. The molecule has 0 aliphatic carbocycles. The highest BCUT2D eigenvalue weighted by molar-refractivity contribution is 7.89. The molecule has 1 N–H and O–H groups in total. The van der Waals surface area contributed by atoms with Crippen LogP contribution < -0.4 is 4.74 Å². The zero-order valence-electron chi connectivity index (χ0n) is 14.9. The van der Waals surface area contributed by atoms with Gasteiger partial charge < -0.3 is 9.84 Å². The smallest absolute Gasteiger partial charge is 0.214 e. The molecule has 25 heavy (non-hydrogen) atoms. The first-order valence-corrected chi connectivity index (χ1v) is 10.8. The Hall–Kier alpha value is -0.530. The van der Waals surface area contributed by atoms with Gasteiger partial charge in [0.25, 0.3) is 0 Å². The summed E-state index contributed by atoms with van der Waals surface area (Å²) in [6.45, 7) is 7.33. The van der Waals surface area contributed by atoms with E-state index in [1.165, 1.54) is 4.31 Å². The highest BCUT2D eigenvalue weighted by Gasteiger charge is 2.48. The van der Waals surface area contributed by atoms with E-state index in [9.17, 15) is 13.5 Å². The van der Waals surface area contributed by atoms with Gasteiger partial charge in [-0.1, -0.05) is 36.5 Å². The van der Waals surface area contributed by atoms with Crippen LogP contribution in [0.15, 0.2) is 12.1 Å². The Balaban J connectivity index is 2.67. The van der Waals surface area contributed by atoms with Crippen molar-refractivity contribution in [2.45, 2.75) is 58.3 Å². The number of aliphatic hydroxyl groups excluding tert-OH is 1. The minimum absolute atomic E-state index is 0.0507. The van der Waals surface area contributed by atoms with Crippen molar-refractivity contribution in [3.63, 3.8) is 0 Å². The summed E-state index contributed by atoms with van der Waals surface area (Å²) < 4.78 is 32.8. The number of hydrogen-bond donors (Lipinski definition) is 1. The summed E-state index contributed by atoms with van der Waals surface area (Å²) >= 11 is 12.4. The van der Waals surface area contributed by atoms with Crippen molar-refractivity contribution in [3.05, 3.63) is 27.7 Å². The molecule has 1 aromatic rings. The van der Waals surface area contributed by atoms with E-state index in [-0.39, 0.29) is 5.75 Å². The summed E-state index contributed by atoms with van der Waals surface area (Å²) in [4.78, 5) is 0. The molecule has 8 heteroatoms. The number of rotatable bonds is 6. The van der Waals surface area contributed by atoms with Crippen LogP contribution >= 0.6 is 23.2 Å². The fourth-order valence-electron chi connectivity index (χ4n) is 3.02. The Kier molecular flexibility index (Phi) is 6.32. The highest BCUT2D eigenvalue weighted by Crippen LogP contribution is 2.48. The normalized spacial score (nSPS) is 22.6. The van der Waals surface area contributed by atoms with Crippen molar-refractivity contribution in [1.82, 2.24) is 4.31 Å². The second kappa shape index (κ2) is 7.61. The van der Waals surface area contributed by atoms with Crippen molar-refractivity contribution in [1.29, 1.82) is 0 Å². The van der Waals surface area contributed by atoms with Gasteiger partial charge in [0.2, 0.25) is 10.0 Å². The monoisotopic (exact) mass is 409 g/mol. The van der Waals surface area contributed by atoms with Gasteiger partial charge in [0, 0.05) is 17.1 Å². The maximum Gasteiger partial charge on any atom is 0.214 e. The first kappa shape index (κ1) is 20.8. The number of unbranched alkanes of at least 4 members (excludes halogenated alkanes) is 1. The van der Waals surface area contributed by atoms with Gasteiger partial charge in [-0.15, -0.1) is 0 Å². The Labute approximate surface area is 159 Å². The van der Waals surface area contributed by atoms with Crippen LogP contribution in [-0.2, 0) is 10.0 Å². The first-order valence-electron chi connectivity index (χ1n) is 8.40. The molecule has 1 aromatic carbocycles. The third-order valence-corrected chi connectivity index (χ3v) is 6.85. The van der Waals surface area contributed by atoms with Gasteiger partial charge >= 0.3 is 0 Å². The quantitative estimate of drug-likeness (QED) is 0.770. The maximum atomic E-state index is 12.7. The zero-order chi connectivity index (χ0) is 19.0. The average Bonchev–Trinajstić information content (AvgIpc) is 2.52. The zero-order valence-corrected chi connectivity index (χ0v) is 17.2. The number of ether oxygens (including phenoxy) is 1. The summed E-state index contributed by atoms with van der Waals surface area (Å²) in [5.74, 6) is 0.323. The fourth-order valence-corrected chi connectivity index (χ4v) is 4.89. The number of halogens is 2. The molecule has 2 rings (SSSR count). The SMILES string of the molecule is CCCCN(C1c2cc(Cl)cc(Cl)c2OC(C)(C)C1O)S(=O)(=O)CC. The van der Waals surface area contributed by atoms with Gasteiger partial charge in [-0.3, -0.25) is 0 Å². The molecule has 5 nitrogen and oxygen atoms in total. The van der Waals surface area contributed by atoms with Crippen LogP contribution in [0.5, 0.6) is 5.75 Å². The topological polar surface area (TPSA) is 66.8 Å². The van der Waals surface area contributed by atoms with E-state index in [4.69, 9.17) is 27.9 Å². The van der Waals surface area contributed by atoms with Crippen LogP contribution in [0.1, 0.15) is 52.1 Å². The Morgan fingerprint density at radius 2 is 1.92 bits per heavy atom. The van der Waals surface area contributed by atoms with Crippen molar-refractivity contribution < 1.29 is 18.3 Å². The van der Waals surface area contributed by atoms with Gasteiger partial charge in [-0.25, -0.2) is 8.42 Å². The van der Waals surface area contributed by atoms with Crippen molar-refractivity contribution in [2.75, 3.05) is 12.3 Å². The third kappa shape index (κ3) is 4.08. The molecule has 0 bridgehead atoms. The molecule has 0 amide bonds. The molecule has 0 radical (unpaired) electrons. The van der Waals surface area contributed by atoms with Crippen molar-refractivity contribution in [3.8, 4) is 5.75 Å². The molecule has 1 heterocycles. The molecule has 142 valence electrons. The molecule has 2 atom stereocenters. The minimum atomic E-state index is -3.55. The molecule has 0 saturated heterocycles. The van der Waals surface area contributed by atoms with Crippen LogP contribution in [0.3, 0.4) is 0 Å². The van der Waals surface area contributed by atoms with Crippen LogP contribution in [0.4, 0.5) is 0 Å². The van der Waals surface area contributed by atoms with Crippen LogP contribution in [0, 0.1) is 0 Å². The van der Waals surface area contributed by atoms with E-state index in [1.807, 2.05) is 6.92 Å². The fraction of sp³-hybridized carbons (Fsp3) is 0.647. The number of aliphatic hydroxyl groups is 1. The lowest BCUT2D eigenvalue weighted by Crippen LogP contribution is -2.55. The molecular formula is C17H25Cl2NO4S. The van der Waals surface area contributed by atoms with Gasteiger partial charge in [-0.2, -0.15) is 4.31 Å². The van der Waals surface area contributed by atoms with E-state index in [1.54, 1.807) is 32.9 Å². The van der Waals surface area contributed by atoms with E-state index >= 15 is 0 Å². The molecule has 0 fully saturated rings. The predicted molar refractivity (Wildman–Crippen MR) is 101 cm³/mol. The Morgan fingerprint density at radius 3 is 2.48 bits per heavy atom. The standard InChI is InChI=1S/C17H25Cl2NO4S/c1-5-7-8-20(25(22,23)6-2)14-12-9-11(18)10-13(19)15(12)24-17(3,4)16(14)21/h9-10,14,16,21H,5-8H2,1-4H3. The van der Waals surface area contributed by atoms with Gasteiger partial charge in [0.05, 0.1) is 16.8 Å². The molecule has 2 unspecified atom stereocenters. The third-order valence-electron chi connectivity index (χ3n) is 4.50. The number of sulfonamides is 1. The van der Waals surface area contributed by atoms with Crippen molar-refractivity contribution >= 4 is 33.2 Å². The summed E-state index contributed by atoms with van der Waals surface area (Å²) in [5.41, 5.74) is -0.500. The lowest BCUT2D eigenvalue weighted by Gasteiger charge is -2.46.